The van der Waals surface area contributed by atoms with Gasteiger partial charge in [0, 0.05) is 17.0 Å². The zero-order valence-corrected chi connectivity index (χ0v) is 12.9. The molecular formula is C16H14Cl2O3. The molecule has 0 bridgehead atoms. The van der Waals surface area contributed by atoms with Crippen LogP contribution in [0.25, 0.3) is 0 Å². The third-order valence-corrected chi connectivity index (χ3v) is 4.12. The van der Waals surface area contributed by atoms with Crippen molar-refractivity contribution in [3.8, 4) is 11.5 Å². The molecular weight excluding hydrogens is 311 g/mol. The van der Waals surface area contributed by atoms with Crippen LogP contribution in [-0.2, 0) is 0 Å². The Morgan fingerprint density at radius 1 is 1.19 bits per heavy atom. The lowest BCUT2D eigenvalue weighted by Crippen LogP contribution is -2.19. The van der Waals surface area contributed by atoms with Crippen LogP contribution in [0.4, 0.5) is 0 Å². The molecule has 1 aliphatic heterocycles. The van der Waals surface area contributed by atoms with Gasteiger partial charge in [0.2, 0.25) is 0 Å². The molecule has 0 aliphatic carbocycles. The van der Waals surface area contributed by atoms with Crippen LogP contribution in [0.2, 0.25) is 10.0 Å². The summed E-state index contributed by atoms with van der Waals surface area (Å²) >= 11 is 12.1. The standard InChI is InChI=1S/C16H14Cl2O3/c1-20-15-4-2-9(6-12(15)18)16-8-13(19)11-7-10(17)3-5-14(11)21-16/h2-7,13,16,19H,8H2,1H3/t13-,16?/m0/s1. The molecule has 0 saturated carbocycles. The van der Waals surface area contributed by atoms with E-state index in [1.54, 1.807) is 37.4 Å². The number of halogens is 2. The Labute approximate surface area is 133 Å². The van der Waals surface area contributed by atoms with Gasteiger partial charge in [0.05, 0.1) is 18.2 Å². The first-order chi connectivity index (χ1) is 10.1. The van der Waals surface area contributed by atoms with E-state index in [2.05, 4.69) is 0 Å². The number of aliphatic hydroxyl groups is 1. The fourth-order valence-electron chi connectivity index (χ4n) is 2.51. The van der Waals surface area contributed by atoms with E-state index in [4.69, 9.17) is 32.7 Å². The number of ether oxygens (including phenoxy) is 2. The van der Waals surface area contributed by atoms with Crippen LogP contribution in [0.5, 0.6) is 11.5 Å². The number of fused-ring (bicyclic) bond motifs is 1. The second-order valence-electron chi connectivity index (χ2n) is 4.93. The van der Waals surface area contributed by atoms with Crippen LogP contribution in [-0.4, -0.2) is 12.2 Å². The maximum Gasteiger partial charge on any atom is 0.137 e. The zero-order chi connectivity index (χ0) is 15.0. The SMILES string of the molecule is COc1ccc(C2C[C@H](O)c3cc(Cl)ccc3O2)cc1Cl. The van der Waals surface area contributed by atoms with Gasteiger partial charge in [-0.3, -0.25) is 0 Å². The Kier molecular flexibility index (Phi) is 3.98. The van der Waals surface area contributed by atoms with Crippen molar-refractivity contribution in [3.05, 3.63) is 57.6 Å². The molecule has 1 N–H and O–H groups in total. The van der Waals surface area contributed by atoms with Gasteiger partial charge in [0.15, 0.2) is 0 Å². The average molecular weight is 325 g/mol. The summed E-state index contributed by atoms with van der Waals surface area (Å²) in [6.45, 7) is 0. The van der Waals surface area contributed by atoms with Gasteiger partial charge in [0.25, 0.3) is 0 Å². The second-order valence-corrected chi connectivity index (χ2v) is 5.78. The van der Waals surface area contributed by atoms with E-state index in [1.165, 1.54) is 0 Å². The van der Waals surface area contributed by atoms with E-state index < -0.39 is 6.10 Å². The number of rotatable bonds is 2. The summed E-state index contributed by atoms with van der Waals surface area (Å²) in [5.74, 6) is 1.26. The first kappa shape index (κ1) is 14.5. The van der Waals surface area contributed by atoms with Gasteiger partial charge in [-0.05, 0) is 35.9 Å². The summed E-state index contributed by atoms with van der Waals surface area (Å²) in [6.07, 6.45) is -0.411. The summed E-state index contributed by atoms with van der Waals surface area (Å²) in [7, 11) is 1.57. The van der Waals surface area contributed by atoms with Crippen molar-refractivity contribution in [2.45, 2.75) is 18.6 Å². The molecule has 3 rings (SSSR count). The van der Waals surface area contributed by atoms with Crippen LogP contribution in [0.1, 0.15) is 29.8 Å². The normalized spacial score (nSPS) is 20.6. The summed E-state index contributed by atoms with van der Waals surface area (Å²) in [6, 6.07) is 10.7. The van der Waals surface area contributed by atoms with Crippen molar-refractivity contribution in [2.24, 2.45) is 0 Å². The highest BCUT2D eigenvalue weighted by molar-refractivity contribution is 6.32. The Bertz CT molecular complexity index is 673. The number of aliphatic hydroxyl groups excluding tert-OH is 1. The molecule has 2 atom stereocenters. The average Bonchev–Trinajstić information content (AvgIpc) is 2.47. The number of methoxy groups -OCH3 is 1. The summed E-state index contributed by atoms with van der Waals surface area (Å²) in [4.78, 5) is 0. The summed E-state index contributed by atoms with van der Waals surface area (Å²) in [5.41, 5.74) is 1.62. The molecule has 0 amide bonds. The lowest BCUT2D eigenvalue weighted by molar-refractivity contribution is 0.0657. The van der Waals surface area contributed by atoms with Crippen molar-refractivity contribution in [2.75, 3.05) is 7.11 Å². The van der Waals surface area contributed by atoms with Crippen LogP contribution in [0, 0.1) is 0 Å². The van der Waals surface area contributed by atoms with Gasteiger partial charge in [-0.25, -0.2) is 0 Å². The molecule has 1 heterocycles. The Balaban J connectivity index is 1.92. The molecule has 1 unspecified atom stereocenters. The second kappa shape index (κ2) is 5.76. The molecule has 0 fully saturated rings. The molecule has 2 aromatic carbocycles. The molecule has 3 nitrogen and oxygen atoms in total. The van der Waals surface area contributed by atoms with E-state index in [1.807, 2.05) is 6.07 Å². The molecule has 0 radical (unpaired) electrons. The maximum absolute atomic E-state index is 10.3. The van der Waals surface area contributed by atoms with Crippen molar-refractivity contribution >= 4 is 23.2 Å². The highest BCUT2D eigenvalue weighted by Crippen LogP contribution is 2.42. The Morgan fingerprint density at radius 3 is 2.71 bits per heavy atom. The lowest BCUT2D eigenvalue weighted by Gasteiger charge is -2.30. The number of benzene rings is 2. The van der Waals surface area contributed by atoms with Crippen LogP contribution < -0.4 is 9.47 Å². The van der Waals surface area contributed by atoms with E-state index in [0.717, 1.165) is 11.1 Å². The van der Waals surface area contributed by atoms with Crippen LogP contribution in [0.3, 0.4) is 0 Å². The predicted molar refractivity (Wildman–Crippen MR) is 82.4 cm³/mol. The minimum absolute atomic E-state index is 0.253. The highest BCUT2D eigenvalue weighted by atomic mass is 35.5. The first-order valence-corrected chi connectivity index (χ1v) is 7.31. The fraction of sp³-hybridized carbons (Fsp3) is 0.250. The highest BCUT2D eigenvalue weighted by Gasteiger charge is 2.28. The van der Waals surface area contributed by atoms with E-state index >= 15 is 0 Å². The first-order valence-electron chi connectivity index (χ1n) is 6.56. The monoisotopic (exact) mass is 324 g/mol. The molecule has 21 heavy (non-hydrogen) atoms. The van der Waals surface area contributed by atoms with Crippen molar-refractivity contribution in [1.82, 2.24) is 0 Å². The molecule has 0 spiro atoms. The minimum Gasteiger partial charge on any atom is -0.495 e. The van der Waals surface area contributed by atoms with Gasteiger partial charge >= 0.3 is 0 Å². The van der Waals surface area contributed by atoms with Crippen LogP contribution in [0.15, 0.2) is 36.4 Å². The van der Waals surface area contributed by atoms with E-state index in [0.29, 0.717) is 28.0 Å². The van der Waals surface area contributed by atoms with Gasteiger partial charge in [-0.15, -0.1) is 0 Å². The molecule has 1 aliphatic rings. The van der Waals surface area contributed by atoms with E-state index in [-0.39, 0.29) is 6.10 Å². The quantitative estimate of drug-likeness (QED) is 0.880. The lowest BCUT2D eigenvalue weighted by atomic mass is 9.95. The predicted octanol–water partition coefficient (Wildman–Crippen LogP) is 4.56. The largest absolute Gasteiger partial charge is 0.495 e. The van der Waals surface area contributed by atoms with Crippen molar-refractivity contribution in [1.29, 1.82) is 0 Å². The summed E-state index contributed by atoms with van der Waals surface area (Å²) in [5, 5.41) is 11.4. The van der Waals surface area contributed by atoms with Crippen molar-refractivity contribution < 1.29 is 14.6 Å². The third kappa shape index (κ3) is 2.82. The van der Waals surface area contributed by atoms with Gasteiger partial charge < -0.3 is 14.6 Å². The molecule has 0 aromatic heterocycles. The Hall–Kier alpha value is -1.42. The topological polar surface area (TPSA) is 38.7 Å². The molecule has 0 saturated heterocycles. The summed E-state index contributed by atoms with van der Waals surface area (Å²) < 4.78 is 11.1. The van der Waals surface area contributed by atoms with E-state index in [9.17, 15) is 5.11 Å². The molecule has 5 heteroatoms. The van der Waals surface area contributed by atoms with Gasteiger partial charge in [-0.1, -0.05) is 29.3 Å². The Morgan fingerprint density at radius 2 is 2.00 bits per heavy atom. The third-order valence-electron chi connectivity index (χ3n) is 3.59. The van der Waals surface area contributed by atoms with Gasteiger partial charge in [-0.2, -0.15) is 0 Å². The molecule has 110 valence electrons. The number of hydrogen-bond donors (Lipinski definition) is 1. The van der Waals surface area contributed by atoms with Crippen molar-refractivity contribution in [3.63, 3.8) is 0 Å². The van der Waals surface area contributed by atoms with Crippen LogP contribution >= 0.6 is 23.2 Å². The smallest absolute Gasteiger partial charge is 0.137 e. The number of hydrogen-bond acceptors (Lipinski definition) is 3. The molecule has 2 aromatic rings. The maximum atomic E-state index is 10.3. The van der Waals surface area contributed by atoms with Gasteiger partial charge in [0.1, 0.15) is 17.6 Å². The zero-order valence-electron chi connectivity index (χ0n) is 11.3. The fourth-order valence-corrected chi connectivity index (χ4v) is 2.95. The minimum atomic E-state index is -0.613.